The Labute approximate surface area is 204 Å². The second kappa shape index (κ2) is 13.9. The van der Waals surface area contributed by atoms with E-state index in [1.165, 1.54) is 0 Å². The van der Waals surface area contributed by atoms with E-state index in [-0.39, 0.29) is 25.3 Å². The molecule has 0 unspecified atom stereocenters. The van der Waals surface area contributed by atoms with E-state index in [0.29, 0.717) is 23.9 Å². The van der Waals surface area contributed by atoms with E-state index in [9.17, 15) is 14.4 Å². The number of nitrogens with zero attached hydrogens (tertiary/aromatic N) is 4. The molecule has 184 valence electrons. The van der Waals surface area contributed by atoms with E-state index in [2.05, 4.69) is 21.9 Å². The minimum Gasteiger partial charge on any atom is -0.481 e. The third-order valence-electron chi connectivity index (χ3n) is 4.62. The Hall–Kier alpha value is -4.47. The summed E-state index contributed by atoms with van der Waals surface area (Å²) >= 11 is 0. The topological polar surface area (TPSA) is 124 Å². The third kappa shape index (κ3) is 9.12. The number of likely N-dealkylation sites (N-methyl/N-ethyl adjacent to an activating group) is 1. The summed E-state index contributed by atoms with van der Waals surface area (Å²) in [4.78, 5) is 45.9. The number of guanidine groups is 1. The fourth-order valence-corrected chi connectivity index (χ4v) is 2.86. The van der Waals surface area contributed by atoms with Gasteiger partial charge >= 0.3 is 12.0 Å². The number of imide groups is 1. The predicted octanol–water partition coefficient (Wildman–Crippen LogP) is 3.96. The minimum absolute atomic E-state index is 0.166. The van der Waals surface area contributed by atoms with Crippen LogP contribution in [-0.4, -0.2) is 64.4 Å². The molecule has 0 atom stereocenters. The Bertz CT molecular complexity index is 1070. The number of allylic oxidation sites excluding steroid dienone is 1. The van der Waals surface area contributed by atoms with Crippen LogP contribution in [0.15, 0.2) is 78.0 Å². The van der Waals surface area contributed by atoms with Gasteiger partial charge in [-0.1, -0.05) is 31.7 Å². The molecule has 0 radical (unpaired) electrons. The van der Waals surface area contributed by atoms with Gasteiger partial charge < -0.3 is 14.7 Å². The summed E-state index contributed by atoms with van der Waals surface area (Å²) in [7, 11) is 1.73. The van der Waals surface area contributed by atoms with Gasteiger partial charge in [-0.2, -0.15) is 0 Å². The maximum Gasteiger partial charge on any atom is 0.330 e. The number of aliphatic imine (C=N–C) groups is 1. The molecule has 10 heteroatoms. The molecule has 1 aromatic carbocycles. The van der Waals surface area contributed by atoms with Crippen molar-refractivity contribution < 1.29 is 24.2 Å². The maximum absolute atomic E-state index is 12.7. The number of pyridine rings is 1. The molecule has 0 saturated carbocycles. The Morgan fingerprint density at radius 3 is 2.54 bits per heavy atom. The largest absolute Gasteiger partial charge is 0.481 e. The van der Waals surface area contributed by atoms with Gasteiger partial charge in [0.1, 0.15) is 5.75 Å². The van der Waals surface area contributed by atoms with Crippen LogP contribution in [0.5, 0.6) is 11.6 Å². The normalized spacial score (nSPS) is 11.4. The minimum atomic E-state index is -1.12. The Morgan fingerprint density at radius 2 is 1.97 bits per heavy atom. The van der Waals surface area contributed by atoms with Crippen molar-refractivity contribution in [2.45, 2.75) is 19.8 Å². The fourth-order valence-electron chi connectivity index (χ4n) is 2.86. The van der Waals surface area contributed by atoms with Gasteiger partial charge in [0, 0.05) is 32.4 Å². The zero-order valence-corrected chi connectivity index (χ0v) is 19.8. The second-order valence-corrected chi connectivity index (χ2v) is 7.32. The van der Waals surface area contributed by atoms with E-state index in [1.54, 1.807) is 60.6 Å². The average Bonchev–Trinajstić information content (AvgIpc) is 2.85. The van der Waals surface area contributed by atoms with Crippen molar-refractivity contribution in [3.05, 3.63) is 73.0 Å². The van der Waals surface area contributed by atoms with Crippen molar-refractivity contribution in [3.8, 4) is 11.6 Å². The third-order valence-corrected chi connectivity index (χ3v) is 4.62. The molecular formula is C25H29N5O5. The number of rotatable bonds is 11. The van der Waals surface area contributed by atoms with E-state index < -0.39 is 12.0 Å². The molecule has 2 aromatic rings. The SMILES string of the molecule is C=C/C(=C\CC)CN(C)C(=Nc1ccc(Oc2ccccn2)cc1)NC(=O)N(C=O)CCC(=O)O. The van der Waals surface area contributed by atoms with Crippen molar-refractivity contribution >= 4 is 30.1 Å². The van der Waals surface area contributed by atoms with Crippen molar-refractivity contribution in [1.82, 2.24) is 20.1 Å². The van der Waals surface area contributed by atoms with Crippen LogP contribution in [0.4, 0.5) is 10.5 Å². The van der Waals surface area contributed by atoms with Crippen LogP contribution in [0.25, 0.3) is 0 Å². The molecule has 2 rings (SSSR count). The summed E-state index contributed by atoms with van der Waals surface area (Å²) in [5, 5.41) is 11.5. The lowest BCUT2D eigenvalue weighted by molar-refractivity contribution is -0.137. The molecule has 0 aliphatic rings. The highest BCUT2D eigenvalue weighted by molar-refractivity contribution is 6.00. The Morgan fingerprint density at radius 1 is 1.23 bits per heavy atom. The standard InChI is InChI=1S/C25H29N5O5/c1-4-8-19(5-2)17-29(3)24(28-25(34)30(18-31)16-14-23(32)33)27-20-10-12-21(13-11-20)35-22-9-6-7-15-26-22/h5-13,15,18H,2,4,14,16-17H2,1,3H3,(H,32,33)(H,27,28,34)/b19-8+. The van der Waals surface area contributed by atoms with Crippen molar-refractivity contribution in [2.24, 2.45) is 4.99 Å². The fraction of sp³-hybridized carbons (Fsp3) is 0.240. The Balaban J connectivity index is 2.26. The number of ether oxygens (including phenoxy) is 1. The van der Waals surface area contributed by atoms with Crippen LogP contribution in [0.3, 0.4) is 0 Å². The average molecular weight is 480 g/mol. The van der Waals surface area contributed by atoms with Gasteiger partial charge in [0.05, 0.1) is 12.1 Å². The van der Waals surface area contributed by atoms with E-state index in [1.807, 2.05) is 19.1 Å². The number of benzene rings is 1. The van der Waals surface area contributed by atoms with Gasteiger partial charge in [-0.15, -0.1) is 0 Å². The number of hydrogen-bond donors (Lipinski definition) is 2. The molecule has 0 bridgehead atoms. The molecule has 0 spiro atoms. The molecule has 1 aromatic heterocycles. The quantitative estimate of drug-likeness (QED) is 0.216. The van der Waals surface area contributed by atoms with Gasteiger partial charge in [0.15, 0.2) is 0 Å². The van der Waals surface area contributed by atoms with Gasteiger partial charge in [0.25, 0.3) is 0 Å². The van der Waals surface area contributed by atoms with Gasteiger partial charge in [-0.25, -0.2) is 14.8 Å². The number of carbonyl (C=O) groups is 3. The number of aromatic nitrogens is 1. The lowest BCUT2D eigenvalue weighted by atomic mass is 10.2. The predicted molar refractivity (Wildman–Crippen MR) is 133 cm³/mol. The number of amides is 3. The molecule has 0 aliphatic carbocycles. The molecule has 0 fully saturated rings. The highest BCUT2D eigenvalue weighted by Crippen LogP contribution is 2.22. The molecule has 1 heterocycles. The zero-order valence-electron chi connectivity index (χ0n) is 19.8. The number of urea groups is 1. The van der Waals surface area contributed by atoms with Crippen LogP contribution in [0, 0.1) is 0 Å². The lowest BCUT2D eigenvalue weighted by Crippen LogP contribution is -2.48. The van der Waals surface area contributed by atoms with Crippen LogP contribution >= 0.6 is 0 Å². The van der Waals surface area contributed by atoms with Crippen LogP contribution in [-0.2, 0) is 9.59 Å². The monoisotopic (exact) mass is 479 g/mol. The lowest BCUT2D eigenvalue weighted by Gasteiger charge is -2.24. The summed E-state index contributed by atoms with van der Waals surface area (Å²) in [6.07, 6.45) is 6.06. The maximum atomic E-state index is 12.7. The number of carboxylic acid groups (broad SMARTS) is 1. The summed E-state index contributed by atoms with van der Waals surface area (Å²) in [5.74, 6) is 0.0528. The first kappa shape index (κ1) is 26.8. The Kier molecular flexibility index (Phi) is 10.7. The van der Waals surface area contributed by atoms with Crippen molar-refractivity contribution in [3.63, 3.8) is 0 Å². The van der Waals surface area contributed by atoms with E-state index >= 15 is 0 Å². The molecular weight excluding hydrogens is 450 g/mol. The number of carboxylic acids is 1. The number of carbonyl (C=O) groups excluding carboxylic acids is 2. The molecule has 0 aliphatic heterocycles. The second-order valence-electron chi connectivity index (χ2n) is 7.32. The van der Waals surface area contributed by atoms with Gasteiger partial charge in [-0.3, -0.25) is 19.8 Å². The van der Waals surface area contributed by atoms with E-state index in [0.717, 1.165) is 16.9 Å². The molecule has 35 heavy (non-hydrogen) atoms. The first-order chi connectivity index (χ1) is 16.9. The summed E-state index contributed by atoms with van der Waals surface area (Å²) in [5.41, 5.74) is 1.44. The summed E-state index contributed by atoms with van der Waals surface area (Å²) < 4.78 is 5.68. The molecule has 10 nitrogen and oxygen atoms in total. The van der Waals surface area contributed by atoms with Crippen LogP contribution in [0.2, 0.25) is 0 Å². The highest BCUT2D eigenvalue weighted by atomic mass is 16.5. The number of nitrogens with one attached hydrogen (secondary N) is 1. The zero-order chi connectivity index (χ0) is 25.6. The first-order valence-electron chi connectivity index (χ1n) is 10.9. The van der Waals surface area contributed by atoms with Gasteiger partial charge in [-0.05, 0) is 42.3 Å². The summed E-state index contributed by atoms with van der Waals surface area (Å²) in [6.45, 7) is 5.94. The van der Waals surface area contributed by atoms with Crippen LogP contribution in [0.1, 0.15) is 19.8 Å². The van der Waals surface area contributed by atoms with Crippen molar-refractivity contribution in [1.29, 1.82) is 0 Å². The van der Waals surface area contributed by atoms with Crippen molar-refractivity contribution in [2.75, 3.05) is 20.1 Å². The smallest absolute Gasteiger partial charge is 0.330 e. The van der Waals surface area contributed by atoms with Gasteiger partial charge in [0.2, 0.25) is 18.2 Å². The molecule has 3 amide bonds. The summed E-state index contributed by atoms with van der Waals surface area (Å²) in [6, 6.07) is 11.4. The number of hydrogen-bond acceptors (Lipinski definition) is 6. The first-order valence-corrected chi connectivity index (χ1v) is 10.9. The highest BCUT2D eigenvalue weighted by Gasteiger charge is 2.18. The van der Waals surface area contributed by atoms with E-state index in [4.69, 9.17) is 9.84 Å². The molecule has 2 N–H and O–H groups in total. The molecule has 0 saturated heterocycles. The number of aliphatic carboxylic acids is 1. The van der Waals surface area contributed by atoms with Crippen LogP contribution < -0.4 is 10.1 Å².